The maximum atomic E-state index is 12.5. The molecule has 0 spiro atoms. The molecular weight excluding hydrogens is 368 g/mol. The topological polar surface area (TPSA) is 23.6 Å². The first kappa shape index (κ1) is 21.1. The lowest BCUT2D eigenvalue weighted by atomic mass is 9.90. The van der Waals surface area contributed by atoms with Gasteiger partial charge in [0.1, 0.15) is 0 Å². The van der Waals surface area contributed by atoms with Crippen LogP contribution in [0.15, 0.2) is 54.6 Å². The molecule has 0 aliphatic carbocycles. The van der Waals surface area contributed by atoms with E-state index in [0.717, 1.165) is 37.5 Å². The molecule has 3 nitrogen and oxygen atoms in total. The number of carbonyl (C=O) groups is 1. The van der Waals surface area contributed by atoms with Crippen LogP contribution >= 0.6 is 0 Å². The molecule has 0 atom stereocenters. The van der Waals surface area contributed by atoms with Gasteiger partial charge in [-0.05, 0) is 80.9 Å². The number of anilines is 1. The Morgan fingerprint density at radius 2 is 1.53 bits per heavy atom. The van der Waals surface area contributed by atoms with Gasteiger partial charge in [0.05, 0.1) is 0 Å². The number of nitrogens with zero attached hydrogens (tertiary/aromatic N) is 2. The zero-order chi connectivity index (χ0) is 20.6. The molecule has 2 saturated heterocycles. The van der Waals surface area contributed by atoms with Crippen LogP contribution in [0.4, 0.5) is 5.69 Å². The largest absolute Gasteiger partial charge is 0.372 e. The van der Waals surface area contributed by atoms with E-state index in [-0.39, 0.29) is 0 Å². The van der Waals surface area contributed by atoms with Crippen molar-refractivity contribution in [3.8, 4) is 0 Å². The first-order valence-corrected chi connectivity index (χ1v) is 11.9. The number of hydrogen-bond acceptors (Lipinski definition) is 3. The smallest absolute Gasteiger partial charge is 0.162 e. The minimum atomic E-state index is 0.306. The maximum Gasteiger partial charge on any atom is 0.162 e. The van der Waals surface area contributed by atoms with E-state index in [4.69, 9.17) is 0 Å². The van der Waals surface area contributed by atoms with Crippen LogP contribution in [-0.2, 0) is 6.54 Å². The number of carbonyl (C=O) groups excluding carboxylic acids is 1. The highest BCUT2D eigenvalue weighted by molar-refractivity contribution is 5.96. The zero-order valence-electron chi connectivity index (χ0n) is 18.3. The van der Waals surface area contributed by atoms with Gasteiger partial charge in [-0.2, -0.15) is 0 Å². The normalized spacial score (nSPS) is 18.1. The standard InChI is InChI=1S/C27H36N2O/c30-27(25-12-14-26(15-13-25)29-18-6-7-19-29)11-5-4-8-23-16-20-28(21-17-23)22-24-9-2-1-3-10-24/h1-3,9-10,12-15,23H,4-8,11,16-22H2. The highest BCUT2D eigenvalue weighted by Crippen LogP contribution is 2.25. The lowest BCUT2D eigenvalue weighted by Gasteiger charge is -2.32. The lowest BCUT2D eigenvalue weighted by molar-refractivity contribution is 0.0977. The average molecular weight is 405 g/mol. The van der Waals surface area contributed by atoms with Crippen molar-refractivity contribution in [2.45, 2.75) is 57.9 Å². The molecule has 0 aromatic heterocycles. The van der Waals surface area contributed by atoms with Gasteiger partial charge in [-0.3, -0.25) is 9.69 Å². The summed E-state index contributed by atoms with van der Waals surface area (Å²) in [5, 5.41) is 0. The number of benzene rings is 2. The van der Waals surface area contributed by atoms with E-state index >= 15 is 0 Å². The Kier molecular flexibility index (Phi) is 7.58. The molecule has 0 N–H and O–H groups in total. The summed E-state index contributed by atoms with van der Waals surface area (Å²) in [6, 6.07) is 19.1. The van der Waals surface area contributed by atoms with Crippen molar-refractivity contribution in [2.75, 3.05) is 31.1 Å². The Labute approximate surface area is 182 Å². The van der Waals surface area contributed by atoms with Crippen LogP contribution in [0.1, 0.15) is 67.3 Å². The first-order chi connectivity index (χ1) is 14.8. The summed E-state index contributed by atoms with van der Waals surface area (Å²) < 4.78 is 0. The highest BCUT2D eigenvalue weighted by Gasteiger charge is 2.19. The van der Waals surface area contributed by atoms with Gasteiger partial charge < -0.3 is 4.90 Å². The van der Waals surface area contributed by atoms with E-state index < -0.39 is 0 Å². The fourth-order valence-corrected chi connectivity index (χ4v) is 4.97. The van der Waals surface area contributed by atoms with Gasteiger partial charge in [0.15, 0.2) is 5.78 Å². The van der Waals surface area contributed by atoms with Crippen LogP contribution in [-0.4, -0.2) is 36.9 Å². The molecular formula is C27H36N2O. The van der Waals surface area contributed by atoms with Crippen molar-refractivity contribution in [1.82, 2.24) is 4.90 Å². The van der Waals surface area contributed by atoms with E-state index in [2.05, 4.69) is 52.3 Å². The summed E-state index contributed by atoms with van der Waals surface area (Å²) >= 11 is 0. The van der Waals surface area contributed by atoms with Gasteiger partial charge >= 0.3 is 0 Å². The van der Waals surface area contributed by atoms with E-state index in [1.54, 1.807) is 0 Å². The van der Waals surface area contributed by atoms with Gasteiger partial charge in [0.2, 0.25) is 0 Å². The Balaban J connectivity index is 1.11. The Morgan fingerprint density at radius 1 is 0.833 bits per heavy atom. The number of unbranched alkanes of at least 4 members (excludes halogenated alkanes) is 1. The second kappa shape index (κ2) is 10.8. The molecule has 2 aliphatic heterocycles. The van der Waals surface area contributed by atoms with E-state index in [1.807, 2.05) is 12.1 Å². The van der Waals surface area contributed by atoms with Crippen LogP contribution in [0.2, 0.25) is 0 Å². The molecule has 0 saturated carbocycles. The molecule has 0 unspecified atom stereocenters. The number of piperidine rings is 1. The van der Waals surface area contributed by atoms with Crippen molar-refractivity contribution < 1.29 is 4.79 Å². The SMILES string of the molecule is O=C(CCCCC1CCN(Cc2ccccc2)CC1)c1ccc(N2CCCC2)cc1. The summed E-state index contributed by atoms with van der Waals surface area (Å²) in [7, 11) is 0. The van der Waals surface area contributed by atoms with E-state index in [1.165, 1.54) is 62.9 Å². The number of hydrogen-bond donors (Lipinski definition) is 0. The second-order valence-electron chi connectivity index (χ2n) is 9.12. The monoisotopic (exact) mass is 404 g/mol. The molecule has 4 rings (SSSR count). The molecule has 0 radical (unpaired) electrons. The summed E-state index contributed by atoms with van der Waals surface area (Å²) in [5.41, 5.74) is 3.57. The van der Waals surface area contributed by atoms with Crippen LogP contribution in [0, 0.1) is 5.92 Å². The molecule has 2 aliphatic rings. The summed E-state index contributed by atoms with van der Waals surface area (Å²) in [6.07, 6.45) is 9.35. The van der Waals surface area contributed by atoms with Crippen molar-refractivity contribution in [1.29, 1.82) is 0 Å². The minimum Gasteiger partial charge on any atom is -0.372 e. The molecule has 0 bridgehead atoms. The average Bonchev–Trinajstić information content (AvgIpc) is 3.33. The van der Waals surface area contributed by atoms with Gasteiger partial charge in [0.25, 0.3) is 0 Å². The molecule has 2 aromatic rings. The Hall–Kier alpha value is -2.13. The van der Waals surface area contributed by atoms with Gasteiger partial charge in [-0.25, -0.2) is 0 Å². The predicted molar refractivity (Wildman–Crippen MR) is 125 cm³/mol. The molecule has 30 heavy (non-hydrogen) atoms. The van der Waals surface area contributed by atoms with Crippen LogP contribution in [0.3, 0.4) is 0 Å². The zero-order valence-corrected chi connectivity index (χ0v) is 18.3. The van der Waals surface area contributed by atoms with Crippen LogP contribution in [0.25, 0.3) is 0 Å². The first-order valence-electron chi connectivity index (χ1n) is 11.9. The third-order valence-electron chi connectivity index (χ3n) is 6.88. The van der Waals surface area contributed by atoms with Crippen molar-refractivity contribution >= 4 is 11.5 Å². The van der Waals surface area contributed by atoms with Crippen molar-refractivity contribution in [3.05, 3.63) is 65.7 Å². The van der Waals surface area contributed by atoms with Gasteiger partial charge in [-0.1, -0.05) is 43.2 Å². The van der Waals surface area contributed by atoms with Crippen LogP contribution < -0.4 is 4.90 Å². The summed E-state index contributed by atoms with van der Waals surface area (Å²) in [6.45, 7) is 5.80. The quantitative estimate of drug-likeness (QED) is 0.381. The van der Waals surface area contributed by atoms with Gasteiger partial charge in [0, 0.05) is 37.3 Å². The number of rotatable bonds is 9. The third kappa shape index (κ3) is 5.95. The van der Waals surface area contributed by atoms with E-state index in [0.29, 0.717) is 12.2 Å². The molecule has 2 fully saturated rings. The number of likely N-dealkylation sites (tertiary alicyclic amines) is 1. The Bertz CT molecular complexity index is 772. The fraction of sp³-hybridized carbons (Fsp3) is 0.519. The van der Waals surface area contributed by atoms with Crippen molar-refractivity contribution in [3.63, 3.8) is 0 Å². The lowest BCUT2D eigenvalue weighted by Crippen LogP contribution is -2.33. The number of ketones is 1. The molecule has 3 heteroatoms. The molecule has 2 aromatic carbocycles. The third-order valence-corrected chi connectivity index (χ3v) is 6.88. The summed E-state index contributed by atoms with van der Waals surface area (Å²) in [4.78, 5) is 17.5. The Morgan fingerprint density at radius 3 is 2.23 bits per heavy atom. The van der Waals surface area contributed by atoms with E-state index in [9.17, 15) is 4.79 Å². The molecule has 0 amide bonds. The van der Waals surface area contributed by atoms with Gasteiger partial charge in [-0.15, -0.1) is 0 Å². The summed E-state index contributed by atoms with van der Waals surface area (Å²) in [5.74, 6) is 1.15. The minimum absolute atomic E-state index is 0.306. The van der Waals surface area contributed by atoms with Crippen molar-refractivity contribution in [2.24, 2.45) is 5.92 Å². The highest BCUT2D eigenvalue weighted by atomic mass is 16.1. The fourth-order valence-electron chi connectivity index (χ4n) is 4.97. The van der Waals surface area contributed by atoms with Crippen LogP contribution in [0.5, 0.6) is 0 Å². The maximum absolute atomic E-state index is 12.5. The molecule has 2 heterocycles. The predicted octanol–water partition coefficient (Wildman–Crippen LogP) is 5.94. The second-order valence-corrected chi connectivity index (χ2v) is 9.12. The number of Topliss-reactive ketones (excluding diaryl/α,β-unsaturated/α-hetero) is 1. The molecule has 160 valence electrons.